The van der Waals surface area contributed by atoms with Crippen LogP contribution in [0.15, 0.2) is 46.3 Å². The van der Waals surface area contributed by atoms with E-state index < -0.39 is 0 Å². The Labute approximate surface area is 162 Å². The summed E-state index contributed by atoms with van der Waals surface area (Å²) >= 11 is 1.29. The quantitative estimate of drug-likeness (QED) is 0.792. The van der Waals surface area contributed by atoms with E-state index >= 15 is 0 Å². The Morgan fingerprint density at radius 1 is 1.04 bits per heavy atom. The number of hydrogen-bond donors (Lipinski definition) is 1. The van der Waals surface area contributed by atoms with Gasteiger partial charge in [-0.1, -0.05) is 18.2 Å². The van der Waals surface area contributed by atoms with E-state index in [1.54, 1.807) is 39.5 Å². The molecule has 0 aromatic heterocycles. The number of thioether (sulfide) groups is 1. The molecule has 0 spiro atoms. The van der Waals surface area contributed by atoms with Gasteiger partial charge in [-0.15, -0.1) is 0 Å². The first-order valence-electron chi connectivity index (χ1n) is 8.21. The zero-order chi connectivity index (χ0) is 19.4. The third kappa shape index (κ3) is 4.09. The summed E-state index contributed by atoms with van der Waals surface area (Å²) in [4.78, 5) is 17.4. The number of amidine groups is 1. The van der Waals surface area contributed by atoms with Crippen LogP contribution in [0.25, 0.3) is 6.08 Å². The number of aliphatic imine (C=N–C) groups is 1. The van der Waals surface area contributed by atoms with Gasteiger partial charge in [-0.3, -0.25) is 4.79 Å². The molecule has 3 rings (SSSR count). The molecule has 1 fully saturated rings. The molecule has 0 atom stereocenters. The molecule has 2 aromatic carbocycles. The summed E-state index contributed by atoms with van der Waals surface area (Å²) in [6.45, 7) is 1.98. The number of para-hydroxylation sites is 1. The molecular weight excluding hydrogens is 364 g/mol. The van der Waals surface area contributed by atoms with Gasteiger partial charge in [0.2, 0.25) is 5.75 Å². The number of methoxy groups -OCH3 is 3. The molecule has 0 radical (unpaired) electrons. The summed E-state index contributed by atoms with van der Waals surface area (Å²) in [6, 6.07) is 11.3. The number of ether oxygens (including phenoxy) is 3. The van der Waals surface area contributed by atoms with E-state index in [9.17, 15) is 4.79 Å². The van der Waals surface area contributed by atoms with Gasteiger partial charge in [-0.2, -0.15) is 0 Å². The van der Waals surface area contributed by atoms with Crippen molar-refractivity contribution < 1.29 is 19.0 Å². The number of hydrogen-bond acceptors (Lipinski definition) is 6. The first-order chi connectivity index (χ1) is 13.0. The molecule has 1 saturated heterocycles. The van der Waals surface area contributed by atoms with Crippen molar-refractivity contribution in [3.8, 4) is 17.2 Å². The molecule has 1 N–H and O–H groups in total. The standard InChI is InChI=1S/C20H20N2O4S/c1-12-7-5-6-8-14(12)21-20-22-19(23)17(27-20)11-13-9-15(24-2)18(26-4)16(10-13)25-3/h5-11H,1-4H3,(H,21,22,23). The molecule has 2 aromatic rings. The number of benzene rings is 2. The van der Waals surface area contributed by atoms with Gasteiger partial charge in [0.25, 0.3) is 5.91 Å². The predicted octanol–water partition coefficient (Wildman–Crippen LogP) is 3.91. The van der Waals surface area contributed by atoms with Crippen molar-refractivity contribution in [2.24, 2.45) is 4.99 Å². The number of carbonyl (C=O) groups is 1. The Balaban J connectivity index is 1.92. The van der Waals surface area contributed by atoms with Crippen molar-refractivity contribution in [1.29, 1.82) is 0 Å². The highest BCUT2D eigenvalue weighted by molar-refractivity contribution is 8.18. The number of rotatable bonds is 5. The van der Waals surface area contributed by atoms with Crippen LogP contribution in [0.1, 0.15) is 11.1 Å². The van der Waals surface area contributed by atoms with Gasteiger partial charge in [-0.05, 0) is 54.1 Å². The second-order valence-electron chi connectivity index (χ2n) is 5.73. The van der Waals surface area contributed by atoms with Crippen LogP contribution in [0, 0.1) is 6.92 Å². The molecular formula is C20H20N2O4S. The van der Waals surface area contributed by atoms with Gasteiger partial charge in [-0.25, -0.2) is 4.99 Å². The Bertz CT molecular complexity index is 912. The van der Waals surface area contributed by atoms with Crippen LogP contribution in [0.2, 0.25) is 0 Å². The van der Waals surface area contributed by atoms with Crippen molar-refractivity contribution in [1.82, 2.24) is 5.32 Å². The zero-order valence-electron chi connectivity index (χ0n) is 15.5. The van der Waals surface area contributed by atoms with Crippen molar-refractivity contribution >= 4 is 34.6 Å². The predicted molar refractivity (Wildman–Crippen MR) is 108 cm³/mol. The summed E-state index contributed by atoms with van der Waals surface area (Å²) in [5, 5.41) is 3.35. The van der Waals surface area contributed by atoms with Crippen LogP contribution in [0.5, 0.6) is 17.2 Å². The Morgan fingerprint density at radius 2 is 1.70 bits per heavy atom. The maximum absolute atomic E-state index is 12.3. The molecule has 1 aliphatic heterocycles. The molecule has 140 valence electrons. The maximum atomic E-state index is 12.3. The number of carbonyl (C=O) groups excluding carboxylic acids is 1. The first-order valence-corrected chi connectivity index (χ1v) is 9.02. The third-order valence-corrected chi connectivity index (χ3v) is 4.88. The van der Waals surface area contributed by atoms with Gasteiger partial charge < -0.3 is 19.5 Å². The lowest BCUT2D eigenvalue weighted by atomic mass is 10.1. The van der Waals surface area contributed by atoms with Gasteiger partial charge in [0.1, 0.15) is 0 Å². The van der Waals surface area contributed by atoms with E-state index in [1.165, 1.54) is 11.8 Å². The minimum absolute atomic E-state index is 0.193. The molecule has 0 saturated carbocycles. The van der Waals surface area contributed by atoms with Crippen LogP contribution < -0.4 is 19.5 Å². The fraction of sp³-hybridized carbons (Fsp3) is 0.200. The topological polar surface area (TPSA) is 69.2 Å². The van der Waals surface area contributed by atoms with Gasteiger partial charge in [0, 0.05) is 0 Å². The Kier molecular flexibility index (Phi) is 5.71. The average molecular weight is 384 g/mol. The van der Waals surface area contributed by atoms with Crippen LogP contribution in [-0.2, 0) is 4.79 Å². The second-order valence-corrected chi connectivity index (χ2v) is 6.76. The van der Waals surface area contributed by atoms with Crippen molar-refractivity contribution in [2.45, 2.75) is 6.92 Å². The Hall–Kier alpha value is -2.93. The lowest BCUT2D eigenvalue weighted by Gasteiger charge is -2.12. The molecule has 1 aliphatic rings. The van der Waals surface area contributed by atoms with Crippen LogP contribution in [-0.4, -0.2) is 32.4 Å². The molecule has 6 nitrogen and oxygen atoms in total. The van der Waals surface area contributed by atoms with E-state index in [2.05, 4.69) is 10.3 Å². The Morgan fingerprint density at radius 3 is 2.30 bits per heavy atom. The molecule has 27 heavy (non-hydrogen) atoms. The summed E-state index contributed by atoms with van der Waals surface area (Å²) in [7, 11) is 4.66. The molecule has 0 unspecified atom stereocenters. The summed E-state index contributed by atoms with van der Waals surface area (Å²) in [5.74, 6) is 1.37. The second kappa shape index (κ2) is 8.18. The molecule has 1 amide bonds. The highest BCUT2D eigenvalue weighted by atomic mass is 32.2. The lowest BCUT2D eigenvalue weighted by molar-refractivity contribution is -0.115. The minimum Gasteiger partial charge on any atom is -0.493 e. The van der Waals surface area contributed by atoms with Crippen LogP contribution in [0.3, 0.4) is 0 Å². The lowest BCUT2D eigenvalue weighted by Crippen LogP contribution is -2.19. The maximum Gasteiger partial charge on any atom is 0.264 e. The van der Waals surface area contributed by atoms with Crippen molar-refractivity contribution in [3.05, 3.63) is 52.4 Å². The van der Waals surface area contributed by atoms with Crippen molar-refractivity contribution in [2.75, 3.05) is 21.3 Å². The fourth-order valence-electron chi connectivity index (χ4n) is 2.61. The van der Waals surface area contributed by atoms with Gasteiger partial charge in [0.15, 0.2) is 16.7 Å². The van der Waals surface area contributed by atoms with Crippen molar-refractivity contribution in [3.63, 3.8) is 0 Å². The zero-order valence-corrected chi connectivity index (χ0v) is 16.3. The largest absolute Gasteiger partial charge is 0.493 e. The number of nitrogens with zero attached hydrogens (tertiary/aromatic N) is 1. The van der Waals surface area contributed by atoms with Crippen LogP contribution in [0.4, 0.5) is 5.69 Å². The van der Waals surface area contributed by atoms with Crippen LogP contribution >= 0.6 is 11.8 Å². The molecule has 7 heteroatoms. The summed E-state index contributed by atoms with van der Waals surface area (Å²) < 4.78 is 16.0. The number of aryl methyl sites for hydroxylation is 1. The summed E-state index contributed by atoms with van der Waals surface area (Å²) in [5.41, 5.74) is 2.63. The normalized spacial score (nSPS) is 16.5. The van der Waals surface area contributed by atoms with E-state index in [0.717, 1.165) is 16.8 Å². The summed E-state index contributed by atoms with van der Waals surface area (Å²) in [6.07, 6.45) is 1.77. The average Bonchev–Trinajstić information content (AvgIpc) is 3.01. The fourth-order valence-corrected chi connectivity index (χ4v) is 3.45. The smallest absolute Gasteiger partial charge is 0.264 e. The molecule has 0 bridgehead atoms. The highest BCUT2D eigenvalue weighted by Gasteiger charge is 2.24. The minimum atomic E-state index is -0.193. The van der Waals surface area contributed by atoms with E-state index in [4.69, 9.17) is 14.2 Å². The monoisotopic (exact) mass is 384 g/mol. The van der Waals surface area contributed by atoms with E-state index in [1.807, 2.05) is 31.2 Å². The van der Waals surface area contributed by atoms with E-state index in [-0.39, 0.29) is 5.91 Å². The first kappa shape index (κ1) is 18.8. The number of amides is 1. The van der Waals surface area contributed by atoms with E-state index in [0.29, 0.717) is 27.3 Å². The number of nitrogens with one attached hydrogen (secondary N) is 1. The SMILES string of the molecule is COc1cc(C=C2SC(=Nc3ccccc3C)NC2=O)cc(OC)c1OC. The van der Waals surface area contributed by atoms with Gasteiger partial charge >= 0.3 is 0 Å². The van der Waals surface area contributed by atoms with Gasteiger partial charge in [0.05, 0.1) is 31.9 Å². The molecule has 1 heterocycles. The highest BCUT2D eigenvalue weighted by Crippen LogP contribution is 2.39. The molecule has 0 aliphatic carbocycles. The third-order valence-electron chi connectivity index (χ3n) is 3.97.